The number of carbonyl (C=O) groups excluding carboxylic acids is 2. The first-order chi connectivity index (χ1) is 16.5. The van der Waals surface area contributed by atoms with Gasteiger partial charge in [-0.3, -0.25) is 0 Å². The van der Waals surface area contributed by atoms with Gasteiger partial charge < -0.3 is 24.3 Å². The van der Waals surface area contributed by atoms with Crippen LogP contribution in [0.25, 0.3) is 6.08 Å². The molecule has 0 amide bonds. The maximum absolute atomic E-state index is 12.3. The number of piperidine rings is 1. The van der Waals surface area contributed by atoms with Crippen molar-refractivity contribution in [1.29, 1.82) is 0 Å². The fourth-order valence-corrected chi connectivity index (χ4v) is 4.76. The van der Waals surface area contributed by atoms with Crippen LogP contribution in [-0.4, -0.2) is 36.7 Å². The summed E-state index contributed by atoms with van der Waals surface area (Å²) in [5, 5.41) is 3.65. The van der Waals surface area contributed by atoms with Crippen molar-refractivity contribution in [2.24, 2.45) is 0 Å². The van der Waals surface area contributed by atoms with Crippen LogP contribution in [0.4, 0.5) is 0 Å². The minimum Gasteiger partial charge on any atom is -0.458 e. The van der Waals surface area contributed by atoms with Crippen molar-refractivity contribution in [3.63, 3.8) is 0 Å². The molecule has 1 aromatic carbocycles. The van der Waals surface area contributed by atoms with Gasteiger partial charge in [0.25, 0.3) is 0 Å². The van der Waals surface area contributed by atoms with E-state index in [0.29, 0.717) is 17.6 Å². The van der Waals surface area contributed by atoms with Gasteiger partial charge in [0.05, 0.1) is 0 Å². The number of carbonyl (C=O) groups is 2. The second-order valence-electron chi connectivity index (χ2n) is 9.72. The Balaban J connectivity index is 1.24. The van der Waals surface area contributed by atoms with Crippen molar-refractivity contribution in [3.8, 4) is 11.5 Å². The average Bonchev–Trinajstić information content (AvgIpc) is 3.28. The molecule has 0 aromatic heterocycles. The Morgan fingerprint density at radius 1 is 1.00 bits per heavy atom. The molecule has 188 valence electrons. The van der Waals surface area contributed by atoms with E-state index in [1.807, 2.05) is 18.2 Å². The number of unbranched alkanes of at least 4 members (excludes halogenated alkanes) is 7. The zero-order chi connectivity index (χ0) is 24.2. The van der Waals surface area contributed by atoms with Gasteiger partial charge in [-0.1, -0.05) is 51.0 Å². The molecule has 3 rings (SSSR count). The normalized spacial score (nSPS) is 21.6. The molecule has 2 aliphatic rings. The Kier molecular flexibility index (Phi) is 10.9. The molecule has 0 spiro atoms. The van der Waals surface area contributed by atoms with Gasteiger partial charge in [0.1, 0.15) is 11.9 Å². The number of hydrogen-bond donors (Lipinski definition) is 1. The van der Waals surface area contributed by atoms with Gasteiger partial charge in [0.2, 0.25) is 6.79 Å². The summed E-state index contributed by atoms with van der Waals surface area (Å²) < 4.78 is 16.4. The van der Waals surface area contributed by atoms with E-state index in [9.17, 15) is 9.59 Å². The van der Waals surface area contributed by atoms with Crippen LogP contribution >= 0.6 is 0 Å². The molecule has 1 aromatic rings. The van der Waals surface area contributed by atoms with Gasteiger partial charge in [-0.15, -0.1) is 0 Å². The minimum absolute atomic E-state index is 0.0897. The smallest absolute Gasteiger partial charge is 0.331 e. The van der Waals surface area contributed by atoms with Crippen molar-refractivity contribution < 1.29 is 23.8 Å². The molecular weight excluding hydrogens is 430 g/mol. The van der Waals surface area contributed by atoms with Crippen molar-refractivity contribution in [1.82, 2.24) is 5.32 Å². The summed E-state index contributed by atoms with van der Waals surface area (Å²) in [5.41, 5.74) is 0.879. The summed E-state index contributed by atoms with van der Waals surface area (Å²) in [7, 11) is 0. The summed E-state index contributed by atoms with van der Waals surface area (Å²) in [5.74, 6) is 1.43. The van der Waals surface area contributed by atoms with Crippen molar-refractivity contribution in [3.05, 3.63) is 29.8 Å². The van der Waals surface area contributed by atoms with E-state index in [-0.39, 0.29) is 24.9 Å². The predicted molar refractivity (Wildman–Crippen MR) is 134 cm³/mol. The van der Waals surface area contributed by atoms with Crippen LogP contribution in [0.1, 0.15) is 96.5 Å². The summed E-state index contributed by atoms with van der Waals surface area (Å²) in [6, 6.07) is 6.28. The van der Waals surface area contributed by atoms with Gasteiger partial charge in [0, 0.05) is 24.6 Å². The first-order valence-electron chi connectivity index (χ1n) is 13.0. The standard InChI is InChI=1S/C28H41NO5/c1-21(30)11-9-7-5-3-4-6-8-10-12-24-15-17-25(22(2)29-24)34-28(31)18-14-23-13-16-26-27(19-23)33-20-32-26/h13-14,16,18-19,22,24-25,29H,3-12,15,17,20H2,1-2H3/b18-14+/t22-,24+,25-/m1/s1. The van der Waals surface area contributed by atoms with Crippen molar-refractivity contribution in [2.45, 2.75) is 109 Å². The number of fused-ring (bicyclic) bond motifs is 1. The number of benzene rings is 1. The number of rotatable bonds is 14. The Hall–Kier alpha value is -2.34. The third kappa shape index (κ3) is 9.13. The fraction of sp³-hybridized carbons (Fsp3) is 0.643. The molecule has 0 unspecified atom stereocenters. The average molecular weight is 472 g/mol. The van der Waals surface area contributed by atoms with Gasteiger partial charge >= 0.3 is 5.97 Å². The second kappa shape index (κ2) is 14.1. The Morgan fingerprint density at radius 3 is 2.44 bits per heavy atom. The first kappa shape index (κ1) is 26.3. The van der Waals surface area contributed by atoms with Crippen molar-refractivity contribution >= 4 is 17.8 Å². The SMILES string of the molecule is CC(=O)CCCCCCCCCC[C@H]1CC[C@@H](OC(=O)/C=C/c2ccc3c(c2)OCO3)[C@@H](C)N1. The van der Waals surface area contributed by atoms with E-state index < -0.39 is 0 Å². The number of Topliss-reactive ketones (excluding diaryl/α,β-unsaturated/α-hetero) is 1. The summed E-state index contributed by atoms with van der Waals surface area (Å²) in [6.07, 6.45) is 16.9. The quantitative estimate of drug-likeness (QED) is 0.205. The number of nitrogens with one attached hydrogen (secondary N) is 1. The van der Waals surface area contributed by atoms with E-state index in [2.05, 4.69) is 12.2 Å². The largest absolute Gasteiger partial charge is 0.458 e. The van der Waals surface area contributed by atoms with E-state index in [1.165, 1.54) is 57.4 Å². The Morgan fingerprint density at radius 2 is 1.71 bits per heavy atom. The number of esters is 1. The monoisotopic (exact) mass is 471 g/mol. The van der Waals surface area contributed by atoms with Crippen LogP contribution in [0, 0.1) is 0 Å². The number of hydrogen-bond acceptors (Lipinski definition) is 6. The lowest BCUT2D eigenvalue weighted by Crippen LogP contribution is -2.50. The van der Waals surface area contributed by atoms with E-state index in [4.69, 9.17) is 14.2 Å². The third-order valence-corrected chi connectivity index (χ3v) is 6.76. The van der Waals surface area contributed by atoms with Crippen LogP contribution in [0.15, 0.2) is 24.3 Å². The highest BCUT2D eigenvalue weighted by atomic mass is 16.7. The molecule has 0 bridgehead atoms. The van der Waals surface area contributed by atoms with Gasteiger partial charge in [-0.2, -0.15) is 0 Å². The minimum atomic E-state index is -0.309. The Labute approximate surface area is 204 Å². The molecule has 6 nitrogen and oxygen atoms in total. The second-order valence-corrected chi connectivity index (χ2v) is 9.72. The highest BCUT2D eigenvalue weighted by molar-refractivity contribution is 5.87. The molecular formula is C28H41NO5. The highest BCUT2D eigenvalue weighted by Gasteiger charge is 2.28. The summed E-state index contributed by atoms with van der Waals surface area (Å²) >= 11 is 0. The van der Waals surface area contributed by atoms with Crippen molar-refractivity contribution in [2.75, 3.05) is 6.79 Å². The summed E-state index contributed by atoms with van der Waals surface area (Å²) in [4.78, 5) is 23.3. The molecule has 2 heterocycles. The molecule has 1 saturated heterocycles. The lowest BCUT2D eigenvalue weighted by Gasteiger charge is -2.35. The Bertz CT molecular complexity index is 821. The molecule has 6 heteroatoms. The van der Waals surface area contributed by atoms with Crippen LogP contribution in [0.2, 0.25) is 0 Å². The highest BCUT2D eigenvalue weighted by Crippen LogP contribution is 2.32. The van der Waals surface area contributed by atoms with Crippen LogP contribution in [0.5, 0.6) is 11.5 Å². The van der Waals surface area contributed by atoms with Gasteiger partial charge in [-0.05, 0) is 63.3 Å². The molecule has 0 radical (unpaired) electrons. The number of ketones is 1. The molecule has 0 saturated carbocycles. The lowest BCUT2D eigenvalue weighted by molar-refractivity contribution is -0.145. The third-order valence-electron chi connectivity index (χ3n) is 6.76. The fourth-order valence-electron chi connectivity index (χ4n) is 4.76. The summed E-state index contributed by atoms with van der Waals surface area (Å²) in [6.45, 7) is 4.02. The van der Waals surface area contributed by atoms with E-state index in [1.54, 1.807) is 13.0 Å². The van der Waals surface area contributed by atoms with E-state index in [0.717, 1.165) is 37.0 Å². The molecule has 3 atom stereocenters. The molecule has 2 aliphatic heterocycles. The van der Waals surface area contributed by atoms with Gasteiger partial charge in [0.15, 0.2) is 11.5 Å². The number of ether oxygens (including phenoxy) is 3. The maximum atomic E-state index is 12.3. The predicted octanol–water partition coefficient (Wildman–Crippen LogP) is 5.97. The maximum Gasteiger partial charge on any atom is 0.331 e. The lowest BCUT2D eigenvalue weighted by atomic mass is 9.93. The topological polar surface area (TPSA) is 73.9 Å². The van der Waals surface area contributed by atoms with Crippen LogP contribution in [0.3, 0.4) is 0 Å². The molecule has 1 fully saturated rings. The van der Waals surface area contributed by atoms with Crippen LogP contribution < -0.4 is 14.8 Å². The molecule has 0 aliphatic carbocycles. The van der Waals surface area contributed by atoms with Gasteiger partial charge in [-0.25, -0.2) is 4.79 Å². The molecule has 1 N–H and O–H groups in total. The zero-order valence-corrected chi connectivity index (χ0v) is 20.9. The van der Waals surface area contributed by atoms with Crippen LogP contribution in [-0.2, 0) is 14.3 Å². The zero-order valence-electron chi connectivity index (χ0n) is 20.9. The van der Waals surface area contributed by atoms with E-state index >= 15 is 0 Å². The first-order valence-corrected chi connectivity index (χ1v) is 13.0. The molecule has 34 heavy (non-hydrogen) atoms.